The number of phenolic OH excluding ortho intramolecular Hbond substituents is 3. The molecule has 0 unspecified atom stereocenters. The van der Waals surface area contributed by atoms with E-state index in [-0.39, 0.29) is 22.8 Å². The zero-order chi connectivity index (χ0) is 10.9. The number of carbonyl (C=O) groups excluding carboxylic acids is 1. The van der Waals surface area contributed by atoms with Gasteiger partial charge in [0.1, 0.15) is 23.5 Å². The molecule has 0 aliphatic heterocycles. The SMILES string of the molecule is CC(C)(C=O)c1c(O)cc(O)cc1O. The molecule has 1 aromatic carbocycles. The van der Waals surface area contributed by atoms with E-state index < -0.39 is 5.41 Å². The second-order valence-electron chi connectivity index (χ2n) is 3.70. The number of aldehydes is 1. The van der Waals surface area contributed by atoms with Crippen molar-refractivity contribution < 1.29 is 20.1 Å². The summed E-state index contributed by atoms with van der Waals surface area (Å²) in [6.07, 6.45) is 0.624. The lowest BCUT2D eigenvalue weighted by molar-refractivity contribution is -0.111. The summed E-state index contributed by atoms with van der Waals surface area (Å²) in [5, 5.41) is 28.0. The lowest BCUT2D eigenvalue weighted by Crippen LogP contribution is -2.18. The highest BCUT2D eigenvalue weighted by Crippen LogP contribution is 2.39. The van der Waals surface area contributed by atoms with Crippen LogP contribution in [0.15, 0.2) is 12.1 Å². The van der Waals surface area contributed by atoms with Crippen molar-refractivity contribution in [1.82, 2.24) is 0 Å². The summed E-state index contributed by atoms with van der Waals surface area (Å²) < 4.78 is 0. The third-order valence-corrected chi connectivity index (χ3v) is 2.02. The first-order valence-electron chi connectivity index (χ1n) is 4.10. The summed E-state index contributed by atoms with van der Waals surface area (Å²) in [5.41, 5.74) is -0.868. The molecule has 0 aliphatic carbocycles. The van der Waals surface area contributed by atoms with E-state index in [0.29, 0.717) is 6.29 Å². The van der Waals surface area contributed by atoms with Gasteiger partial charge < -0.3 is 20.1 Å². The minimum Gasteiger partial charge on any atom is -0.508 e. The third kappa shape index (κ3) is 1.64. The van der Waals surface area contributed by atoms with Gasteiger partial charge >= 0.3 is 0 Å². The van der Waals surface area contributed by atoms with Crippen LogP contribution in [0.5, 0.6) is 17.2 Å². The van der Waals surface area contributed by atoms with Gasteiger partial charge in [-0.15, -0.1) is 0 Å². The number of benzene rings is 1. The van der Waals surface area contributed by atoms with Gasteiger partial charge in [-0.1, -0.05) is 0 Å². The van der Waals surface area contributed by atoms with E-state index in [1.807, 2.05) is 0 Å². The molecule has 0 atom stereocenters. The largest absolute Gasteiger partial charge is 0.508 e. The van der Waals surface area contributed by atoms with Crippen molar-refractivity contribution in [3.8, 4) is 17.2 Å². The van der Waals surface area contributed by atoms with Gasteiger partial charge in [-0.05, 0) is 13.8 Å². The van der Waals surface area contributed by atoms with Gasteiger partial charge in [0.25, 0.3) is 0 Å². The average molecular weight is 196 g/mol. The lowest BCUT2D eigenvalue weighted by Gasteiger charge is -2.20. The van der Waals surface area contributed by atoms with E-state index in [9.17, 15) is 15.0 Å². The van der Waals surface area contributed by atoms with Crippen LogP contribution in [0.3, 0.4) is 0 Å². The topological polar surface area (TPSA) is 77.8 Å². The van der Waals surface area contributed by atoms with E-state index in [1.54, 1.807) is 13.8 Å². The zero-order valence-electron chi connectivity index (χ0n) is 7.98. The number of hydrogen-bond acceptors (Lipinski definition) is 4. The van der Waals surface area contributed by atoms with Crippen LogP contribution in [-0.4, -0.2) is 21.6 Å². The Labute approximate surface area is 81.4 Å². The maximum Gasteiger partial charge on any atom is 0.130 e. The molecule has 3 N–H and O–H groups in total. The Hall–Kier alpha value is -1.71. The maximum atomic E-state index is 10.7. The number of phenols is 3. The molecule has 76 valence electrons. The molecule has 0 saturated heterocycles. The predicted octanol–water partition coefficient (Wildman–Crippen LogP) is 1.28. The summed E-state index contributed by atoms with van der Waals surface area (Å²) in [7, 11) is 0. The minimum absolute atomic E-state index is 0.116. The fourth-order valence-electron chi connectivity index (χ4n) is 1.32. The van der Waals surface area contributed by atoms with Crippen LogP contribution in [0.4, 0.5) is 0 Å². The van der Waals surface area contributed by atoms with Gasteiger partial charge in [0.2, 0.25) is 0 Å². The highest BCUT2D eigenvalue weighted by molar-refractivity contribution is 5.72. The summed E-state index contributed by atoms with van der Waals surface area (Å²) in [6, 6.07) is 2.17. The van der Waals surface area contributed by atoms with E-state index in [1.165, 1.54) is 0 Å². The fraction of sp³-hybridized carbons (Fsp3) is 0.300. The molecule has 14 heavy (non-hydrogen) atoms. The lowest BCUT2D eigenvalue weighted by atomic mass is 9.85. The van der Waals surface area contributed by atoms with Crippen LogP contribution >= 0.6 is 0 Å². The number of rotatable bonds is 2. The Morgan fingerprint density at radius 2 is 1.57 bits per heavy atom. The first kappa shape index (κ1) is 10.4. The standard InChI is InChI=1S/C10H12O4/c1-10(2,5-11)9-7(13)3-6(12)4-8(9)14/h3-5,12-14H,1-2H3. The molecule has 0 spiro atoms. The van der Waals surface area contributed by atoms with Gasteiger partial charge in [-0.2, -0.15) is 0 Å². The van der Waals surface area contributed by atoms with E-state index >= 15 is 0 Å². The van der Waals surface area contributed by atoms with Gasteiger partial charge in [-0.3, -0.25) is 0 Å². The Bertz CT molecular complexity index is 345. The molecular weight excluding hydrogens is 184 g/mol. The molecule has 4 nitrogen and oxygen atoms in total. The molecular formula is C10H12O4. The Morgan fingerprint density at radius 3 is 1.93 bits per heavy atom. The molecule has 0 fully saturated rings. The van der Waals surface area contributed by atoms with Crippen molar-refractivity contribution in [3.63, 3.8) is 0 Å². The Morgan fingerprint density at radius 1 is 1.14 bits per heavy atom. The number of hydrogen-bond donors (Lipinski definition) is 3. The molecule has 0 amide bonds. The Kier molecular flexibility index (Phi) is 2.38. The van der Waals surface area contributed by atoms with Gasteiger partial charge in [0.15, 0.2) is 0 Å². The molecule has 0 aliphatic rings. The molecule has 0 heterocycles. The molecule has 0 bridgehead atoms. The predicted molar refractivity (Wildman–Crippen MR) is 50.5 cm³/mol. The van der Waals surface area contributed by atoms with Crippen LogP contribution in [-0.2, 0) is 10.2 Å². The van der Waals surface area contributed by atoms with Gasteiger partial charge in [0.05, 0.1) is 5.41 Å². The van der Waals surface area contributed by atoms with Crippen LogP contribution in [0.2, 0.25) is 0 Å². The van der Waals surface area contributed by atoms with Crippen LogP contribution < -0.4 is 0 Å². The third-order valence-electron chi connectivity index (χ3n) is 2.02. The van der Waals surface area contributed by atoms with Crippen molar-refractivity contribution in [2.45, 2.75) is 19.3 Å². The van der Waals surface area contributed by atoms with Crippen molar-refractivity contribution in [2.75, 3.05) is 0 Å². The summed E-state index contributed by atoms with van der Waals surface area (Å²) in [5.74, 6) is -0.829. The first-order valence-corrected chi connectivity index (χ1v) is 4.10. The van der Waals surface area contributed by atoms with Crippen LogP contribution in [0.25, 0.3) is 0 Å². The second kappa shape index (κ2) is 3.21. The normalized spacial score (nSPS) is 11.3. The molecule has 0 radical (unpaired) electrons. The van der Waals surface area contributed by atoms with Crippen molar-refractivity contribution in [3.05, 3.63) is 17.7 Å². The van der Waals surface area contributed by atoms with Gasteiger partial charge in [0, 0.05) is 17.7 Å². The minimum atomic E-state index is -0.984. The smallest absolute Gasteiger partial charge is 0.130 e. The highest BCUT2D eigenvalue weighted by atomic mass is 16.3. The van der Waals surface area contributed by atoms with Gasteiger partial charge in [-0.25, -0.2) is 0 Å². The average Bonchev–Trinajstić information content (AvgIpc) is 2.01. The quantitative estimate of drug-likeness (QED) is 0.622. The second-order valence-corrected chi connectivity index (χ2v) is 3.70. The summed E-state index contributed by atoms with van der Waals surface area (Å²) in [4.78, 5) is 10.7. The molecule has 4 heteroatoms. The number of aromatic hydroxyl groups is 3. The van der Waals surface area contributed by atoms with Crippen molar-refractivity contribution in [2.24, 2.45) is 0 Å². The van der Waals surface area contributed by atoms with Crippen LogP contribution in [0, 0.1) is 0 Å². The highest BCUT2D eigenvalue weighted by Gasteiger charge is 2.27. The molecule has 0 saturated carbocycles. The molecule has 1 rings (SSSR count). The zero-order valence-corrected chi connectivity index (χ0v) is 7.98. The number of carbonyl (C=O) groups is 1. The summed E-state index contributed by atoms with van der Waals surface area (Å²) in [6.45, 7) is 3.12. The summed E-state index contributed by atoms with van der Waals surface area (Å²) >= 11 is 0. The van der Waals surface area contributed by atoms with Crippen molar-refractivity contribution in [1.29, 1.82) is 0 Å². The van der Waals surface area contributed by atoms with E-state index in [2.05, 4.69) is 0 Å². The monoisotopic (exact) mass is 196 g/mol. The Balaban J connectivity index is 3.42. The van der Waals surface area contributed by atoms with E-state index in [4.69, 9.17) is 5.11 Å². The van der Waals surface area contributed by atoms with Crippen LogP contribution in [0.1, 0.15) is 19.4 Å². The fourth-order valence-corrected chi connectivity index (χ4v) is 1.32. The molecule has 0 aromatic heterocycles. The molecule has 1 aromatic rings. The maximum absolute atomic E-state index is 10.7. The van der Waals surface area contributed by atoms with E-state index in [0.717, 1.165) is 12.1 Å². The van der Waals surface area contributed by atoms with Crippen molar-refractivity contribution >= 4 is 6.29 Å². The first-order chi connectivity index (χ1) is 6.38.